The Morgan fingerprint density at radius 1 is 1.00 bits per heavy atom. The molecule has 24 heavy (non-hydrogen) atoms. The average Bonchev–Trinajstić information content (AvgIpc) is 3.15. The highest BCUT2D eigenvalue weighted by atomic mass is 35.5. The lowest BCUT2D eigenvalue weighted by Gasteiger charge is -2.13. The van der Waals surface area contributed by atoms with Crippen LogP contribution in [0.4, 0.5) is 0 Å². The molecule has 0 fully saturated rings. The lowest BCUT2D eigenvalue weighted by atomic mass is 10.1. The van der Waals surface area contributed by atoms with Gasteiger partial charge in [0.15, 0.2) is 0 Å². The maximum Gasteiger partial charge on any atom is 0.263 e. The lowest BCUT2D eigenvalue weighted by Crippen LogP contribution is -2.31. The Morgan fingerprint density at radius 3 is 2.38 bits per heavy atom. The molecule has 2 aromatic heterocycles. The fourth-order valence-corrected chi connectivity index (χ4v) is 2.88. The summed E-state index contributed by atoms with van der Waals surface area (Å²) in [5.74, 6) is -0.601. The van der Waals surface area contributed by atoms with Crippen LogP contribution in [0.25, 0.3) is 11.3 Å². The van der Waals surface area contributed by atoms with Crippen LogP contribution < -0.4 is 0 Å². The molecule has 3 aromatic rings. The number of fused-ring (bicyclic) bond motifs is 1. The third-order valence-corrected chi connectivity index (χ3v) is 4.19. The van der Waals surface area contributed by atoms with Crippen LogP contribution in [0.5, 0.6) is 0 Å². The minimum atomic E-state index is -0.301. The molecule has 6 nitrogen and oxygen atoms in total. The zero-order valence-corrected chi connectivity index (χ0v) is 13.1. The molecule has 1 aliphatic rings. The molecule has 0 bridgehead atoms. The summed E-state index contributed by atoms with van der Waals surface area (Å²) in [5, 5.41) is 0.538. The molecular weight excluding hydrogens is 328 g/mol. The van der Waals surface area contributed by atoms with E-state index in [0.717, 1.165) is 0 Å². The summed E-state index contributed by atoms with van der Waals surface area (Å²) in [6, 6.07) is 8.48. The van der Waals surface area contributed by atoms with Crippen LogP contribution in [-0.2, 0) is 6.67 Å². The van der Waals surface area contributed by atoms with Gasteiger partial charge in [0.2, 0.25) is 0 Å². The quantitative estimate of drug-likeness (QED) is 0.689. The Hall–Kier alpha value is -2.99. The fraction of sp³-hybridized carbons (Fsp3) is 0.0588. The summed E-state index contributed by atoms with van der Waals surface area (Å²) in [6.07, 6.45) is 6.51. The summed E-state index contributed by atoms with van der Waals surface area (Å²) >= 11 is 6.14. The zero-order valence-electron chi connectivity index (χ0n) is 12.4. The van der Waals surface area contributed by atoms with Crippen molar-refractivity contribution >= 4 is 23.4 Å². The minimum absolute atomic E-state index is 0.0945. The molecule has 0 radical (unpaired) electrons. The largest absolute Gasteiger partial charge is 0.318 e. The number of aromatic nitrogens is 3. The molecule has 118 valence electrons. The van der Waals surface area contributed by atoms with Crippen LogP contribution in [0, 0.1) is 0 Å². The van der Waals surface area contributed by atoms with E-state index in [9.17, 15) is 9.59 Å². The van der Waals surface area contributed by atoms with Gasteiger partial charge in [0, 0.05) is 24.2 Å². The normalized spacial score (nSPS) is 13.5. The second-order valence-corrected chi connectivity index (χ2v) is 5.76. The third-order valence-electron chi connectivity index (χ3n) is 3.86. The van der Waals surface area contributed by atoms with E-state index < -0.39 is 0 Å². The monoisotopic (exact) mass is 338 g/mol. The number of hydrogen-bond acceptors (Lipinski definition) is 4. The molecule has 4 rings (SSSR count). The first kappa shape index (κ1) is 14.6. The first-order chi connectivity index (χ1) is 11.6. The summed E-state index contributed by atoms with van der Waals surface area (Å²) in [4.78, 5) is 34.3. The van der Waals surface area contributed by atoms with E-state index in [1.165, 1.54) is 4.90 Å². The summed E-state index contributed by atoms with van der Waals surface area (Å²) in [7, 11) is 0. The lowest BCUT2D eigenvalue weighted by molar-refractivity contribution is 0.0606. The predicted molar refractivity (Wildman–Crippen MR) is 87.4 cm³/mol. The highest BCUT2D eigenvalue weighted by Crippen LogP contribution is 2.26. The molecule has 0 unspecified atom stereocenters. The smallest absolute Gasteiger partial charge is 0.263 e. The molecular formula is C17H11ClN4O2. The van der Waals surface area contributed by atoms with E-state index >= 15 is 0 Å². The van der Waals surface area contributed by atoms with Crippen molar-refractivity contribution in [2.24, 2.45) is 0 Å². The van der Waals surface area contributed by atoms with Crippen molar-refractivity contribution in [1.82, 2.24) is 19.4 Å². The van der Waals surface area contributed by atoms with E-state index in [1.807, 2.05) is 0 Å². The number of rotatable bonds is 3. The number of nitrogens with zero attached hydrogens (tertiary/aromatic N) is 4. The summed E-state index contributed by atoms with van der Waals surface area (Å²) in [5.41, 5.74) is 2.18. The van der Waals surface area contributed by atoms with Gasteiger partial charge >= 0.3 is 0 Å². The van der Waals surface area contributed by atoms with E-state index in [2.05, 4.69) is 9.97 Å². The number of halogens is 1. The number of imide groups is 1. The molecule has 1 aliphatic heterocycles. The van der Waals surface area contributed by atoms with Crippen molar-refractivity contribution in [3.63, 3.8) is 0 Å². The van der Waals surface area contributed by atoms with Gasteiger partial charge in [0.05, 0.1) is 28.2 Å². The fourth-order valence-electron chi connectivity index (χ4n) is 2.67. The number of carbonyl (C=O) groups excluding carboxylic acids is 2. The van der Waals surface area contributed by atoms with Crippen LogP contribution in [0.2, 0.25) is 5.02 Å². The first-order valence-electron chi connectivity index (χ1n) is 7.22. The van der Waals surface area contributed by atoms with Gasteiger partial charge in [0.25, 0.3) is 11.8 Å². The van der Waals surface area contributed by atoms with E-state index in [1.54, 1.807) is 59.8 Å². The second kappa shape index (κ2) is 5.58. The Balaban J connectivity index is 1.61. The molecule has 0 saturated heterocycles. The number of benzene rings is 1. The average molecular weight is 339 g/mol. The number of hydrogen-bond donors (Lipinski definition) is 0. The number of amides is 2. The van der Waals surface area contributed by atoms with Crippen molar-refractivity contribution in [3.8, 4) is 11.3 Å². The van der Waals surface area contributed by atoms with Crippen LogP contribution in [0.3, 0.4) is 0 Å². The van der Waals surface area contributed by atoms with Crippen molar-refractivity contribution in [2.45, 2.75) is 6.67 Å². The van der Waals surface area contributed by atoms with Gasteiger partial charge in [-0.15, -0.1) is 0 Å². The van der Waals surface area contributed by atoms with Crippen LogP contribution in [-0.4, -0.2) is 31.2 Å². The Bertz CT molecular complexity index is 931. The van der Waals surface area contributed by atoms with Gasteiger partial charge in [-0.1, -0.05) is 23.7 Å². The Labute approximate surface area is 142 Å². The second-order valence-electron chi connectivity index (χ2n) is 5.35. The van der Waals surface area contributed by atoms with Gasteiger partial charge < -0.3 is 4.57 Å². The van der Waals surface area contributed by atoms with Crippen LogP contribution in [0.15, 0.2) is 55.2 Å². The number of imidazole rings is 1. The van der Waals surface area contributed by atoms with Gasteiger partial charge in [-0.3, -0.25) is 19.5 Å². The van der Waals surface area contributed by atoms with Crippen LogP contribution >= 0.6 is 11.6 Å². The summed E-state index contributed by atoms with van der Waals surface area (Å²) in [6.45, 7) is 0.0945. The van der Waals surface area contributed by atoms with Gasteiger partial charge in [0.1, 0.15) is 6.67 Å². The maximum absolute atomic E-state index is 12.4. The van der Waals surface area contributed by atoms with E-state index in [4.69, 9.17) is 11.6 Å². The minimum Gasteiger partial charge on any atom is -0.318 e. The van der Waals surface area contributed by atoms with Gasteiger partial charge in [-0.25, -0.2) is 4.98 Å². The topological polar surface area (TPSA) is 68.1 Å². The highest BCUT2D eigenvalue weighted by molar-refractivity contribution is 6.33. The van der Waals surface area contributed by atoms with E-state index in [-0.39, 0.29) is 18.5 Å². The molecule has 0 saturated carbocycles. The molecule has 0 aliphatic carbocycles. The van der Waals surface area contributed by atoms with Gasteiger partial charge in [-0.05, 0) is 18.2 Å². The molecule has 0 atom stereocenters. The van der Waals surface area contributed by atoms with Crippen molar-refractivity contribution in [1.29, 1.82) is 0 Å². The Kier molecular flexibility index (Phi) is 3.39. The zero-order chi connectivity index (χ0) is 16.7. The Morgan fingerprint density at radius 2 is 1.71 bits per heavy atom. The summed E-state index contributed by atoms with van der Waals surface area (Å²) < 4.78 is 1.67. The first-order valence-corrected chi connectivity index (χ1v) is 7.60. The van der Waals surface area contributed by atoms with E-state index in [0.29, 0.717) is 27.4 Å². The molecule has 0 N–H and O–H groups in total. The maximum atomic E-state index is 12.4. The van der Waals surface area contributed by atoms with Gasteiger partial charge in [-0.2, -0.15) is 0 Å². The highest BCUT2D eigenvalue weighted by Gasteiger charge is 2.35. The van der Waals surface area contributed by atoms with Crippen LogP contribution in [0.1, 0.15) is 20.7 Å². The molecule has 3 heterocycles. The molecule has 1 aromatic carbocycles. The third kappa shape index (κ3) is 2.28. The number of pyridine rings is 1. The predicted octanol–water partition coefficient (Wildman–Crippen LogP) is 2.85. The van der Waals surface area contributed by atoms with Crippen molar-refractivity contribution in [3.05, 3.63) is 71.4 Å². The standard InChI is InChI=1S/C17H11ClN4O2/c18-14-5-6-19-7-13(14)15-8-21(9-20-15)10-22-16(23)11-3-1-2-4-12(11)17(22)24/h1-9H,10H2. The van der Waals surface area contributed by atoms with Crippen molar-refractivity contribution in [2.75, 3.05) is 0 Å². The molecule has 2 amide bonds. The number of carbonyl (C=O) groups is 2. The molecule has 7 heteroatoms. The molecule has 0 spiro atoms. The SMILES string of the molecule is O=C1c2ccccc2C(=O)N1Cn1cnc(-c2cnccc2Cl)c1. The van der Waals surface area contributed by atoms with Crippen molar-refractivity contribution < 1.29 is 9.59 Å².